The number of fused-ring (bicyclic) bond motifs is 1. The summed E-state index contributed by atoms with van der Waals surface area (Å²) < 4.78 is 7.47. The number of carbonyl (C=O) groups is 1. The maximum Gasteiger partial charge on any atom is 0.223 e. The molecule has 178 valence electrons. The normalized spacial score (nSPS) is 25.8. The average molecular weight is 455 g/mol. The number of nitrogens with zero attached hydrogens (tertiary/aromatic N) is 4. The number of anilines is 1. The van der Waals surface area contributed by atoms with E-state index in [2.05, 4.69) is 27.8 Å². The van der Waals surface area contributed by atoms with E-state index in [0.717, 1.165) is 92.7 Å². The lowest BCUT2D eigenvalue weighted by Crippen LogP contribution is -2.40. The van der Waals surface area contributed by atoms with Crippen molar-refractivity contribution >= 4 is 28.3 Å². The van der Waals surface area contributed by atoms with Crippen LogP contribution >= 0.6 is 0 Å². The van der Waals surface area contributed by atoms with Crippen LogP contribution in [-0.2, 0) is 20.9 Å². The van der Waals surface area contributed by atoms with Gasteiger partial charge in [-0.25, -0.2) is 9.67 Å². The van der Waals surface area contributed by atoms with E-state index < -0.39 is 0 Å². The van der Waals surface area contributed by atoms with Gasteiger partial charge in [-0.3, -0.25) is 4.79 Å². The van der Waals surface area contributed by atoms with E-state index in [1.54, 1.807) is 0 Å². The summed E-state index contributed by atoms with van der Waals surface area (Å²) in [6, 6.07) is 0.345. The third kappa shape index (κ3) is 4.30. The van der Waals surface area contributed by atoms with Crippen molar-refractivity contribution in [3.63, 3.8) is 0 Å². The highest BCUT2D eigenvalue weighted by Crippen LogP contribution is 2.43. The molecular weight excluding hydrogens is 420 g/mol. The Kier molecular flexibility index (Phi) is 6.23. The molecule has 1 aliphatic carbocycles. The Hall–Kier alpha value is -2.68. The predicted octanol–water partition coefficient (Wildman–Crippen LogP) is 3.23. The summed E-state index contributed by atoms with van der Waals surface area (Å²) in [5.74, 6) is 0.240. The van der Waals surface area contributed by atoms with Crippen LogP contribution in [0.5, 0.6) is 0 Å². The van der Waals surface area contributed by atoms with Gasteiger partial charge in [-0.05, 0) is 52.4 Å². The fourth-order valence-electron chi connectivity index (χ4n) is 5.34. The molecule has 9 heteroatoms. The molecule has 0 radical (unpaired) electrons. The van der Waals surface area contributed by atoms with Crippen molar-refractivity contribution in [1.82, 2.24) is 20.1 Å². The molecule has 1 saturated heterocycles. The molecule has 3 aliphatic rings. The van der Waals surface area contributed by atoms with E-state index in [-0.39, 0.29) is 17.4 Å². The first-order chi connectivity index (χ1) is 16.1. The molecule has 0 aromatic carbocycles. The number of hydrogen-bond acceptors (Lipinski definition) is 7. The molecular formula is C24H34N6O3. The summed E-state index contributed by atoms with van der Waals surface area (Å²) in [4.78, 5) is 23.1. The van der Waals surface area contributed by atoms with Crippen molar-refractivity contribution in [2.75, 3.05) is 25.1 Å². The van der Waals surface area contributed by atoms with Crippen molar-refractivity contribution in [1.29, 1.82) is 0 Å². The minimum Gasteiger partial charge on any atom is -0.389 e. The molecule has 2 aromatic rings. The first-order valence-electron chi connectivity index (χ1n) is 12.3. The van der Waals surface area contributed by atoms with Crippen molar-refractivity contribution in [2.45, 2.75) is 77.0 Å². The lowest BCUT2D eigenvalue weighted by atomic mass is 9.75. The summed E-state index contributed by atoms with van der Waals surface area (Å²) in [6.07, 6.45) is 9.86. The quantitative estimate of drug-likeness (QED) is 0.695. The molecule has 2 fully saturated rings. The van der Waals surface area contributed by atoms with Gasteiger partial charge in [0.15, 0.2) is 5.65 Å². The lowest BCUT2D eigenvalue weighted by Gasteiger charge is -2.34. The Morgan fingerprint density at radius 1 is 1.18 bits per heavy atom. The second-order valence-corrected chi connectivity index (χ2v) is 9.43. The number of pyridine rings is 1. The van der Waals surface area contributed by atoms with E-state index in [0.29, 0.717) is 12.6 Å². The standard InChI is InChI=1S/C24H34N6O3/c1-3-25-23(31)16-5-9-24(10-6-16)13-20(29-33-24)18-14-26-22-19(15-27-30(22)4-2)21(18)28-17-7-11-32-12-8-17/h14-17H,3-13H2,1-2H3,(H,25,31)(H,26,28). The number of oxime groups is 1. The van der Waals surface area contributed by atoms with Crippen molar-refractivity contribution < 1.29 is 14.4 Å². The topological polar surface area (TPSA) is 103 Å². The minimum absolute atomic E-state index is 0.0758. The van der Waals surface area contributed by atoms with Crippen LogP contribution in [0.1, 0.15) is 64.4 Å². The predicted molar refractivity (Wildman–Crippen MR) is 126 cm³/mol. The first kappa shape index (κ1) is 22.1. The van der Waals surface area contributed by atoms with E-state index >= 15 is 0 Å². The molecule has 5 rings (SSSR count). The molecule has 33 heavy (non-hydrogen) atoms. The van der Waals surface area contributed by atoms with E-state index in [9.17, 15) is 4.79 Å². The lowest BCUT2D eigenvalue weighted by molar-refractivity contribution is -0.128. The van der Waals surface area contributed by atoms with Crippen LogP contribution in [0.4, 0.5) is 5.69 Å². The fourth-order valence-corrected chi connectivity index (χ4v) is 5.34. The highest BCUT2D eigenvalue weighted by Gasteiger charge is 2.44. The Bertz CT molecular complexity index is 1030. The van der Waals surface area contributed by atoms with Crippen LogP contribution < -0.4 is 10.6 Å². The molecule has 9 nitrogen and oxygen atoms in total. The van der Waals surface area contributed by atoms with Gasteiger partial charge in [0, 0.05) is 56.4 Å². The molecule has 1 amide bonds. The van der Waals surface area contributed by atoms with Gasteiger partial charge in [-0.15, -0.1) is 0 Å². The number of hydrogen-bond donors (Lipinski definition) is 2. The highest BCUT2D eigenvalue weighted by atomic mass is 16.7. The van der Waals surface area contributed by atoms with Gasteiger partial charge in [-0.1, -0.05) is 5.16 Å². The van der Waals surface area contributed by atoms with Gasteiger partial charge >= 0.3 is 0 Å². The summed E-state index contributed by atoms with van der Waals surface area (Å²) in [5.41, 5.74) is 3.54. The molecule has 1 spiro atoms. The maximum absolute atomic E-state index is 12.3. The highest BCUT2D eigenvalue weighted by molar-refractivity contribution is 6.10. The van der Waals surface area contributed by atoms with Crippen LogP contribution in [-0.4, -0.2) is 57.8 Å². The number of aromatic nitrogens is 3. The number of nitrogens with one attached hydrogen (secondary N) is 2. The summed E-state index contributed by atoms with van der Waals surface area (Å²) in [7, 11) is 0. The zero-order chi connectivity index (χ0) is 22.8. The Morgan fingerprint density at radius 2 is 1.97 bits per heavy atom. The van der Waals surface area contributed by atoms with Crippen LogP contribution in [0.2, 0.25) is 0 Å². The Morgan fingerprint density at radius 3 is 2.70 bits per heavy atom. The molecule has 0 bridgehead atoms. The first-order valence-corrected chi connectivity index (χ1v) is 12.3. The molecule has 4 heterocycles. The van der Waals surface area contributed by atoms with Gasteiger partial charge < -0.3 is 20.2 Å². The van der Waals surface area contributed by atoms with Gasteiger partial charge in [0.1, 0.15) is 5.60 Å². The van der Waals surface area contributed by atoms with E-state index in [1.807, 2.05) is 24.0 Å². The second kappa shape index (κ2) is 9.29. The second-order valence-electron chi connectivity index (χ2n) is 9.43. The summed E-state index contributed by atoms with van der Waals surface area (Å²) in [6.45, 7) is 7.03. The van der Waals surface area contributed by atoms with Crippen LogP contribution in [0.15, 0.2) is 17.5 Å². The van der Waals surface area contributed by atoms with Crippen molar-refractivity contribution in [2.24, 2.45) is 11.1 Å². The van der Waals surface area contributed by atoms with Gasteiger partial charge in [0.2, 0.25) is 5.91 Å². The third-order valence-electron chi connectivity index (χ3n) is 7.30. The van der Waals surface area contributed by atoms with Crippen LogP contribution in [0.25, 0.3) is 11.0 Å². The maximum atomic E-state index is 12.3. The number of rotatable bonds is 6. The Balaban J connectivity index is 1.38. The van der Waals surface area contributed by atoms with Crippen molar-refractivity contribution in [3.05, 3.63) is 18.0 Å². The average Bonchev–Trinajstić information content (AvgIpc) is 3.45. The van der Waals surface area contributed by atoms with Gasteiger partial charge in [-0.2, -0.15) is 5.10 Å². The number of carbonyl (C=O) groups excluding carboxylic acids is 1. The molecule has 1 saturated carbocycles. The van der Waals surface area contributed by atoms with Crippen molar-refractivity contribution in [3.8, 4) is 0 Å². The van der Waals surface area contributed by atoms with E-state index in [4.69, 9.17) is 14.6 Å². The number of amides is 1. The zero-order valence-corrected chi connectivity index (χ0v) is 19.6. The summed E-state index contributed by atoms with van der Waals surface area (Å²) >= 11 is 0. The molecule has 0 atom stereocenters. The third-order valence-corrected chi connectivity index (χ3v) is 7.30. The van der Waals surface area contributed by atoms with Crippen LogP contribution in [0.3, 0.4) is 0 Å². The Labute approximate surface area is 194 Å². The fraction of sp³-hybridized carbons (Fsp3) is 0.667. The minimum atomic E-state index is -0.309. The monoisotopic (exact) mass is 454 g/mol. The smallest absolute Gasteiger partial charge is 0.223 e. The summed E-state index contributed by atoms with van der Waals surface area (Å²) in [5, 5.41) is 16.8. The molecule has 0 unspecified atom stereocenters. The van der Waals surface area contributed by atoms with Crippen LogP contribution in [0, 0.1) is 5.92 Å². The van der Waals surface area contributed by atoms with E-state index in [1.165, 1.54) is 0 Å². The zero-order valence-electron chi connectivity index (χ0n) is 19.6. The number of ether oxygens (including phenoxy) is 1. The molecule has 2 aliphatic heterocycles. The molecule has 2 N–H and O–H groups in total. The van der Waals surface area contributed by atoms with Gasteiger partial charge in [0.25, 0.3) is 0 Å². The molecule has 2 aromatic heterocycles. The SMILES string of the molecule is CCNC(=O)C1CCC2(CC1)CC(c1cnc3c(cnn3CC)c1NC1CCOCC1)=NO2. The van der Waals surface area contributed by atoms with Gasteiger partial charge in [0.05, 0.1) is 23.0 Å². The largest absolute Gasteiger partial charge is 0.389 e. The number of aryl methyl sites for hydroxylation is 1.